The van der Waals surface area contributed by atoms with Crippen LogP contribution in [0.1, 0.15) is 0 Å². The van der Waals surface area contributed by atoms with Crippen LogP contribution in [0.25, 0.3) is 0 Å². The van der Waals surface area contributed by atoms with Crippen molar-refractivity contribution in [3.05, 3.63) is 0 Å². The van der Waals surface area contributed by atoms with Gasteiger partial charge in [-0.15, -0.1) is 0 Å². The second-order valence-corrected chi connectivity index (χ2v) is 8.65. The Bertz CT molecular complexity index is 731. The van der Waals surface area contributed by atoms with Crippen LogP contribution in [-0.2, 0) is 51.3 Å². The SMILES string of the molecule is COC(CNCC(=O)[O-])OC.NCCN(CCN)CCN.O=S(=O)([O-])C(F)(F)F.O=S(=O)([O-])C(F)(F)F.[Co+3]. The fraction of sp³-hybridized carbons (Fsp3) is 0.929. The first-order chi connectivity index (χ1) is 16.5. The molecular weight excluding hydrogens is 635 g/mol. The molecule has 7 N–H and O–H groups in total. The number of carboxylic acids is 1. The number of aliphatic carboxylic acids is 1. The molecule has 0 saturated heterocycles. The van der Waals surface area contributed by atoms with Gasteiger partial charge in [-0.2, -0.15) is 26.3 Å². The molecule has 0 aliphatic carbocycles. The summed E-state index contributed by atoms with van der Waals surface area (Å²) in [6, 6.07) is 0. The average molecular weight is 665 g/mol. The first-order valence-corrected chi connectivity index (χ1v) is 12.2. The molecule has 15 nitrogen and oxygen atoms in total. The minimum Gasteiger partial charge on any atom is -0.741 e. The maximum absolute atomic E-state index is 10.7. The van der Waals surface area contributed by atoms with Gasteiger partial charge in [0.05, 0.1) is 5.97 Å². The van der Waals surface area contributed by atoms with Crippen LogP contribution in [0.15, 0.2) is 0 Å². The van der Waals surface area contributed by atoms with Crippen molar-refractivity contribution in [2.45, 2.75) is 17.3 Å². The Morgan fingerprint density at radius 1 is 0.842 bits per heavy atom. The summed E-state index contributed by atoms with van der Waals surface area (Å²) in [5.41, 5.74) is 4.81. The molecule has 0 heterocycles. The van der Waals surface area contributed by atoms with Gasteiger partial charge in [-0.1, -0.05) is 0 Å². The summed E-state index contributed by atoms with van der Waals surface area (Å²) >= 11 is 0. The summed E-state index contributed by atoms with van der Waals surface area (Å²) in [6.45, 7) is 4.88. The van der Waals surface area contributed by atoms with E-state index in [1.165, 1.54) is 14.2 Å². The molecule has 0 radical (unpaired) electrons. The van der Waals surface area contributed by atoms with Crippen molar-refractivity contribution in [1.82, 2.24) is 10.2 Å². The number of nitrogens with zero attached hydrogens (tertiary/aromatic N) is 1. The molecule has 0 aliphatic rings. The normalized spacial score (nSPS) is 11.8. The molecule has 0 saturated carbocycles. The Kier molecular flexibility index (Phi) is 29.6. The number of carbonyl (C=O) groups is 1. The maximum Gasteiger partial charge on any atom is 3.00 e. The Hall–Kier alpha value is -0.904. The predicted octanol–water partition coefficient (Wildman–Crippen LogP) is -3.79. The van der Waals surface area contributed by atoms with E-state index in [9.17, 15) is 36.2 Å². The van der Waals surface area contributed by atoms with Crippen LogP contribution >= 0.6 is 0 Å². The number of hydrogen-bond acceptors (Lipinski definition) is 15. The summed E-state index contributed by atoms with van der Waals surface area (Å²) in [5, 5.41) is 12.5. The Labute approximate surface area is 226 Å². The van der Waals surface area contributed by atoms with Gasteiger partial charge in [0, 0.05) is 66.6 Å². The van der Waals surface area contributed by atoms with E-state index in [4.69, 9.17) is 52.6 Å². The van der Waals surface area contributed by atoms with E-state index in [-0.39, 0.29) is 23.3 Å². The minimum absolute atomic E-state index is 0. The topological polar surface area (TPSA) is 266 Å². The molecule has 0 spiro atoms. The largest absolute Gasteiger partial charge is 3.00 e. The zero-order chi connectivity index (χ0) is 30.5. The van der Waals surface area contributed by atoms with Gasteiger partial charge >= 0.3 is 27.8 Å². The Morgan fingerprint density at radius 3 is 1.26 bits per heavy atom. The summed E-state index contributed by atoms with van der Waals surface area (Å²) in [5.74, 6) is -1.14. The molecule has 0 unspecified atom stereocenters. The third-order valence-electron chi connectivity index (χ3n) is 3.01. The molecule has 0 aromatic carbocycles. The van der Waals surface area contributed by atoms with E-state index in [1.807, 2.05) is 0 Å². The number of nitrogens with one attached hydrogen (secondary N) is 1. The fourth-order valence-electron chi connectivity index (χ4n) is 1.44. The van der Waals surface area contributed by atoms with Crippen molar-refractivity contribution < 1.29 is 88.4 Å². The molecule has 0 aliphatic heterocycles. The summed E-state index contributed by atoms with van der Waals surface area (Å²) in [4.78, 5) is 12.1. The predicted molar refractivity (Wildman–Crippen MR) is 111 cm³/mol. The number of halogens is 6. The van der Waals surface area contributed by atoms with Gasteiger partial charge in [0.1, 0.15) is 0 Å². The van der Waals surface area contributed by atoms with E-state index in [2.05, 4.69) is 10.2 Å². The summed E-state index contributed by atoms with van der Waals surface area (Å²) < 4.78 is 127. The van der Waals surface area contributed by atoms with Crippen LogP contribution in [0, 0.1) is 0 Å². The zero-order valence-corrected chi connectivity index (χ0v) is 22.6. The van der Waals surface area contributed by atoms with Crippen LogP contribution in [-0.4, -0.2) is 121 Å². The van der Waals surface area contributed by atoms with E-state index >= 15 is 0 Å². The number of rotatable bonds is 12. The van der Waals surface area contributed by atoms with E-state index < -0.39 is 43.5 Å². The second kappa shape index (κ2) is 23.9. The van der Waals surface area contributed by atoms with E-state index in [0.29, 0.717) is 26.2 Å². The Balaban J connectivity index is -0.000000127. The van der Waals surface area contributed by atoms with Crippen molar-refractivity contribution in [2.75, 3.05) is 66.6 Å². The molecular formula is C14H30CoF6N5O10S2. The number of methoxy groups -OCH3 is 2. The molecule has 0 bridgehead atoms. The number of alkyl halides is 6. The third-order valence-corrected chi connectivity index (χ3v) is 4.14. The molecule has 0 atom stereocenters. The maximum atomic E-state index is 10.7. The second-order valence-electron chi connectivity index (χ2n) is 5.91. The summed E-state index contributed by atoms with van der Waals surface area (Å²) in [6.07, 6.45) is -0.408. The van der Waals surface area contributed by atoms with Gasteiger partial charge in [0.25, 0.3) is 0 Å². The molecule has 0 fully saturated rings. The van der Waals surface area contributed by atoms with E-state index in [1.54, 1.807) is 0 Å². The smallest absolute Gasteiger partial charge is 0.741 e. The molecule has 0 aromatic heterocycles. The Morgan fingerprint density at radius 2 is 1.11 bits per heavy atom. The monoisotopic (exact) mass is 665 g/mol. The van der Waals surface area contributed by atoms with Crippen molar-refractivity contribution >= 4 is 26.2 Å². The molecule has 234 valence electrons. The van der Waals surface area contributed by atoms with Crippen LogP contribution in [0.2, 0.25) is 0 Å². The minimum atomic E-state index is -6.09. The van der Waals surface area contributed by atoms with Crippen molar-refractivity contribution in [2.24, 2.45) is 17.2 Å². The van der Waals surface area contributed by atoms with Crippen molar-refractivity contribution in [3.8, 4) is 0 Å². The fourth-order valence-corrected chi connectivity index (χ4v) is 1.44. The van der Waals surface area contributed by atoms with Crippen LogP contribution < -0.4 is 27.6 Å². The molecule has 0 amide bonds. The average Bonchev–Trinajstić information content (AvgIpc) is 2.70. The standard InChI is InChI=1S/C6H18N4.C6H13NO4.2CHF3O3S.Co/c7-1-4-10(5-2-8)6-3-9;1-10-6(11-2)4-7-3-5(8)9;2*2-1(3,4)8(5,6)7;/h1-9H2;6-7H,3-4H2,1-2H3,(H,8,9);2*(H,5,6,7);/q;;;;+3/p-3. The molecule has 0 rings (SSSR count). The molecule has 24 heteroatoms. The van der Waals surface area contributed by atoms with Gasteiger partial charge < -0.3 is 51.0 Å². The number of carbonyl (C=O) groups excluding carboxylic acids is 1. The van der Waals surface area contributed by atoms with Gasteiger partial charge in [-0.3, -0.25) is 4.90 Å². The van der Waals surface area contributed by atoms with Crippen LogP contribution in [0.3, 0.4) is 0 Å². The van der Waals surface area contributed by atoms with Crippen molar-refractivity contribution in [3.63, 3.8) is 0 Å². The van der Waals surface area contributed by atoms with Gasteiger partial charge in [0.15, 0.2) is 26.5 Å². The van der Waals surface area contributed by atoms with Crippen LogP contribution in [0.5, 0.6) is 0 Å². The number of nitrogens with two attached hydrogens (primary N) is 3. The van der Waals surface area contributed by atoms with Crippen molar-refractivity contribution in [1.29, 1.82) is 0 Å². The van der Waals surface area contributed by atoms with E-state index in [0.717, 1.165) is 19.6 Å². The van der Waals surface area contributed by atoms with Gasteiger partial charge in [0.2, 0.25) is 0 Å². The number of carboxylic acid groups (broad SMARTS) is 1. The molecule has 38 heavy (non-hydrogen) atoms. The van der Waals surface area contributed by atoms with Gasteiger partial charge in [-0.05, 0) is 0 Å². The quantitative estimate of drug-likeness (QED) is 0.0674. The zero-order valence-electron chi connectivity index (χ0n) is 19.9. The first kappa shape index (κ1) is 46.9. The molecule has 0 aromatic rings. The first-order valence-electron chi connectivity index (χ1n) is 9.38. The summed E-state index contributed by atoms with van der Waals surface area (Å²) in [7, 11) is -9.22. The third kappa shape index (κ3) is 31.3. The van der Waals surface area contributed by atoms with Crippen LogP contribution in [0.4, 0.5) is 26.3 Å². The number of hydrogen-bond donors (Lipinski definition) is 4. The van der Waals surface area contributed by atoms with Gasteiger partial charge in [-0.25, -0.2) is 16.8 Å². The number of ether oxygens (including phenoxy) is 2.